The Kier molecular flexibility index (Phi) is 7.30. The molecule has 0 spiro atoms. The minimum atomic E-state index is -0.408. The van der Waals surface area contributed by atoms with Crippen LogP contribution in [-0.2, 0) is 9.53 Å². The molecule has 34 heavy (non-hydrogen) atoms. The molecule has 1 amide bonds. The van der Waals surface area contributed by atoms with Gasteiger partial charge in [0.15, 0.2) is 11.5 Å². The lowest BCUT2D eigenvalue weighted by atomic mass is 9.82. The highest BCUT2D eigenvalue weighted by Gasteiger charge is 2.55. The number of aromatic hydroxyl groups is 1. The third-order valence-electron chi connectivity index (χ3n) is 6.68. The second-order valence-electron chi connectivity index (χ2n) is 9.25. The van der Waals surface area contributed by atoms with Crippen molar-refractivity contribution in [3.8, 4) is 17.2 Å². The molecule has 2 aromatic rings. The zero-order valence-electron chi connectivity index (χ0n) is 20.5. The Morgan fingerprint density at radius 1 is 1.03 bits per heavy atom. The molecule has 0 aliphatic carbocycles. The normalized spacial score (nSPS) is 24.1. The van der Waals surface area contributed by atoms with Crippen LogP contribution < -0.4 is 20.3 Å². The summed E-state index contributed by atoms with van der Waals surface area (Å²) in [7, 11) is 3.21. The van der Waals surface area contributed by atoms with Crippen LogP contribution in [0.2, 0.25) is 0 Å². The maximum atomic E-state index is 13.6. The van der Waals surface area contributed by atoms with Gasteiger partial charge in [0, 0.05) is 24.6 Å². The van der Waals surface area contributed by atoms with E-state index in [4.69, 9.17) is 14.2 Å². The summed E-state index contributed by atoms with van der Waals surface area (Å²) < 4.78 is 16.7. The van der Waals surface area contributed by atoms with Crippen LogP contribution in [0.3, 0.4) is 0 Å². The van der Waals surface area contributed by atoms with Gasteiger partial charge in [0.25, 0.3) is 0 Å². The number of carbonyl (C=O) groups is 1. The van der Waals surface area contributed by atoms with Crippen molar-refractivity contribution in [3.05, 3.63) is 53.1 Å². The first-order valence-electron chi connectivity index (χ1n) is 11.8. The van der Waals surface area contributed by atoms with Gasteiger partial charge in [-0.25, -0.2) is 10.9 Å². The van der Waals surface area contributed by atoms with E-state index in [1.807, 2.05) is 56.0 Å². The fraction of sp³-hybridized carbons (Fsp3) is 0.500. The largest absolute Gasteiger partial charge is 0.508 e. The molecule has 4 atom stereocenters. The lowest BCUT2D eigenvalue weighted by Crippen LogP contribution is -2.41. The van der Waals surface area contributed by atoms with Crippen molar-refractivity contribution >= 4 is 5.91 Å². The number of amides is 1. The van der Waals surface area contributed by atoms with Crippen LogP contribution >= 0.6 is 0 Å². The minimum Gasteiger partial charge on any atom is -0.508 e. The molecule has 8 nitrogen and oxygen atoms in total. The molecule has 2 aromatic carbocycles. The number of hydrogen-bond donors (Lipinski definition) is 3. The Morgan fingerprint density at radius 3 is 2.47 bits per heavy atom. The van der Waals surface area contributed by atoms with E-state index in [2.05, 4.69) is 10.9 Å². The predicted molar refractivity (Wildman–Crippen MR) is 129 cm³/mol. The lowest BCUT2D eigenvalue weighted by Gasteiger charge is -2.32. The number of fused-ring (bicyclic) bond motifs is 1. The van der Waals surface area contributed by atoms with E-state index >= 15 is 0 Å². The summed E-state index contributed by atoms with van der Waals surface area (Å²) in [4.78, 5) is 15.5. The molecule has 184 valence electrons. The highest BCUT2D eigenvalue weighted by Crippen LogP contribution is 2.49. The molecule has 0 aromatic heterocycles. The first-order chi connectivity index (χ1) is 16.3. The predicted octanol–water partition coefficient (Wildman–Crippen LogP) is 3.25. The molecular weight excluding hydrogens is 434 g/mol. The number of likely N-dealkylation sites (tertiary alicyclic amines) is 1. The lowest BCUT2D eigenvalue weighted by molar-refractivity contribution is -0.131. The third-order valence-corrected chi connectivity index (χ3v) is 6.68. The van der Waals surface area contributed by atoms with Crippen molar-refractivity contribution in [2.24, 2.45) is 5.92 Å². The Bertz CT molecular complexity index is 1030. The SMILES string of the molecule is COc1ccc(C2C3C(NNC3c3cc(C)ccc3O)C(=O)N2CCCOC(C)C)cc1OC. The van der Waals surface area contributed by atoms with Crippen LogP contribution in [0, 0.1) is 12.8 Å². The van der Waals surface area contributed by atoms with Gasteiger partial charge in [0.2, 0.25) is 5.91 Å². The number of ether oxygens (including phenoxy) is 3. The van der Waals surface area contributed by atoms with Crippen molar-refractivity contribution in [3.63, 3.8) is 0 Å². The van der Waals surface area contributed by atoms with Crippen LogP contribution in [0.5, 0.6) is 17.2 Å². The Balaban J connectivity index is 1.72. The van der Waals surface area contributed by atoms with Gasteiger partial charge < -0.3 is 24.2 Å². The van der Waals surface area contributed by atoms with Gasteiger partial charge in [-0.2, -0.15) is 0 Å². The average molecular weight is 470 g/mol. The van der Waals surface area contributed by atoms with Gasteiger partial charge in [-0.15, -0.1) is 0 Å². The highest BCUT2D eigenvalue weighted by atomic mass is 16.5. The maximum Gasteiger partial charge on any atom is 0.242 e. The summed E-state index contributed by atoms with van der Waals surface area (Å²) in [5.41, 5.74) is 9.30. The quantitative estimate of drug-likeness (QED) is 0.486. The fourth-order valence-corrected chi connectivity index (χ4v) is 5.13. The fourth-order valence-electron chi connectivity index (χ4n) is 5.13. The van der Waals surface area contributed by atoms with E-state index in [9.17, 15) is 9.90 Å². The number of hydrogen-bond acceptors (Lipinski definition) is 7. The second-order valence-corrected chi connectivity index (χ2v) is 9.25. The molecule has 2 aliphatic rings. The van der Waals surface area contributed by atoms with Crippen LogP contribution in [0.4, 0.5) is 0 Å². The number of nitrogens with one attached hydrogen (secondary N) is 2. The highest BCUT2D eigenvalue weighted by molar-refractivity contribution is 5.86. The molecule has 2 fully saturated rings. The number of nitrogens with zero attached hydrogens (tertiary/aromatic N) is 1. The van der Waals surface area contributed by atoms with Gasteiger partial charge in [0.1, 0.15) is 11.8 Å². The zero-order valence-corrected chi connectivity index (χ0v) is 20.5. The van der Waals surface area contributed by atoms with Gasteiger partial charge in [-0.3, -0.25) is 4.79 Å². The number of phenolic OH excluding ortho intramolecular Hbond substituents is 1. The van der Waals surface area contributed by atoms with Gasteiger partial charge in [-0.05, 0) is 51.0 Å². The standard InChI is InChI=1S/C26H35N3O5/c1-15(2)34-12-6-11-29-25(17-8-10-20(32-4)21(14-17)33-5)22-23(27-28-24(22)26(29)31)18-13-16(3)7-9-19(18)30/h7-10,13-15,22-25,27-28,30H,6,11-12H2,1-5H3. The second kappa shape index (κ2) is 10.2. The molecule has 0 bridgehead atoms. The van der Waals surface area contributed by atoms with Gasteiger partial charge in [0.05, 0.1) is 32.4 Å². The molecule has 0 saturated carbocycles. The van der Waals surface area contributed by atoms with E-state index < -0.39 is 6.04 Å². The third kappa shape index (κ3) is 4.58. The number of rotatable bonds is 9. The maximum absolute atomic E-state index is 13.6. The Hall–Kier alpha value is -2.81. The topological polar surface area (TPSA) is 92.3 Å². The van der Waals surface area contributed by atoms with Gasteiger partial charge >= 0.3 is 0 Å². The number of carbonyl (C=O) groups excluding carboxylic acids is 1. The first kappa shape index (κ1) is 24.3. The number of benzene rings is 2. The van der Waals surface area contributed by atoms with Crippen LogP contribution in [0.15, 0.2) is 36.4 Å². The van der Waals surface area contributed by atoms with Crippen molar-refractivity contribution in [1.82, 2.24) is 15.8 Å². The van der Waals surface area contributed by atoms with Crippen molar-refractivity contribution < 1.29 is 24.1 Å². The molecule has 4 unspecified atom stereocenters. The van der Waals surface area contributed by atoms with Crippen LogP contribution in [-0.4, -0.2) is 55.4 Å². The first-order valence-corrected chi connectivity index (χ1v) is 11.8. The summed E-state index contributed by atoms with van der Waals surface area (Å²) >= 11 is 0. The molecule has 4 rings (SSSR count). The van der Waals surface area contributed by atoms with E-state index in [1.54, 1.807) is 20.3 Å². The van der Waals surface area contributed by atoms with Crippen LogP contribution in [0.1, 0.15) is 49.0 Å². The summed E-state index contributed by atoms with van der Waals surface area (Å²) in [6, 6.07) is 10.5. The Labute approximate surface area is 201 Å². The zero-order chi connectivity index (χ0) is 24.4. The van der Waals surface area contributed by atoms with Crippen molar-refractivity contribution in [1.29, 1.82) is 0 Å². The summed E-state index contributed by atoms with van der Waals surface area (Å²) in [6.45, 7) is 7.17. The minimum absolute atomic E-state index is 0.0384. The average Bonchev–Trinajstić information content (AvgIpc) is 3.36. The summed E-state index contributed by atoms with van der Waals surface area (Å²) in [6.07, 6.45) is 0.885. The van der Waals surface area contributed by atoms with E-state index in [1.165, 1.54) is 0 Å². The number of hydrazine groups is 1. The number of methoxy groups -OCH3 is 2. The molecule has 0 radical (unpaired) electrons. The van der Waals surface area contributed by atoms with Crippen LogP contribution in [0.25, 0.3) is 0 Å². The molecule has 8 heteroatoms. The molecular formula is C26H35N3O5. The summed E-state index contributed by atoms with van der Waals surface area (Å²) in [5, 5.41) is 10.7. The number of phenols is 1. The van der Waals surface area contributed by atoms with Crippen molar-refractivity contribution in [2.75, 3.05) is 27.4 Å². The number of aryl methyl sites for hydroxylation is 1. The van der Waals surface area contributed by atoms with E-state index in [0.29, 0.717) is 24.7 Å². The smallest absolute Gasteiger partial charge is 0.242 e. The summed E-state index contributed by atoms with van der Waals surface area (Å²) in [5.74, 6) is 1.38. The molecule has 2 aliphatic heterocycles. The van der Waals surface area contributed by atoms with E-state index in [0.717, 1.165) is 23.1 Å². The molecule has 3 N–H and O–H groups in total. The molecule has 2 heterocycles. The Morgan fingerprint density at radius 2 is 1.76 bits per heavy atom. The van der Waals surface area contributed by atoms with Crippen molar-refractivity contribution in [2.45, 2.75) is 51.4 Å². The van der Waals surface area contributed by atoms with Gasteiger partial charge in [-0.1, -0.05) is 23.8 Å². The molecule has 2 saturated heterocycles. The van der Waals surface area contributed by atoms with E-state index in [-0.39, 0.29) is 35.8 Å². The monoisotopic (exact) mass is 469 g/mol.